The Balaban J connectivity index is 2.27. The number of nitrogens with zero attached hydrogens (tertiary/aromatic N) is 2. The highest BCUT2D eigenvalue weighted by molar-refractivity contribution is 9.10. The van der Waals surface area contributed by atoms with E-state index in [1.807, 2.05) is 29.8 Å². The Hall–Kier alpha value is -1.88. The summed E-state index contributed by atoms with van der Waals surface area (Å²) in [5.74, 6) is 0.472. The number of imidazole rings is 1. The molecule has 0 saturated carbocycles. The number of benzene rings is 2. The fourth-order valence-electron chi connectivity index (χ4n) is 2.17. The molecule has 0 fully saturated rings. The fraction of sp³-hybridized carbons (Fsp3) is 0.0714. The van der Waals surface area contributed by atoms with E-state index in [1.54, 1.807) is 6.07 Å². The molecule has 0 aliphatic carbocycles. The summed E-state index contributed by atoms with van der Waals surface area (Å²) in [5, 5.41) is 0. The molecular weight excluding hydrogens is 309 g/mol. The smallest absolute Gasteiger partial charge is 0.140 e. The molecule has 3 nitrogen and oxygen atoms in total. The number of aromatic nitrogens is 2. The molecule has 2 N–H and O–H groups in total. The first kappa shape index (κ1) is 12.2. The van der Waals surface area contributed by atoms with Crippen molar-refractivity contribution in [3.8, 4) is 11.4 Å². The van der Waals surface area contributed by atoms with Gasteiger partial charge in [0.15, 0.2) is 0 Å². The molecule has 1 heterocycles. The Morgan fingerprint density at radius 1 is 1.21 bits per heavy atom. The Kier molecular flexibility index (Phi) is 2.78. The summed E-state index contributed by atoms with van der Waals surface area (Å²) in [6.45, 7) is 0. The largest absolute Gasteiger partial charge is 0.399 e. The predicted molar refractivity (Wildman–Crippen MR) is 78.2 cm³/mol. The van der Waals surface area contributed by atoms with Crippen molar-refractivity contribution < 1.29 is 4.39 Å². The number of rotatable bonds is 1. The SMILES string of the molecule is Cn1c(-c2cc(N)cc(Br)c2)nc2cc(F)ccc21. The number of halogens is 2. The van der Waals surface area contributed by atoms with Gasteiger partial charge in [-0.05, 0) is 30.3 Å². The fourth-order valence-corrected chi connectivity index (χ4v) is 2.68. The maximum atomic E-state index is 13.2. The number of nitrogens with two attached hydrogens (primary N) is 1. The second-order valence-electron chi connectivity index (χ2n) is 4.40. The van der Waals surface area contributed by atoms with Gasteiger partial charge >= 0.3 is 0 Å². The molecule has 5 heteroatoms. The molecule has 96 valence electrons. The van der Waals surface area contributed by atoms with Crippen LogP contribution in [-0.4, -0.2) is 9.55 Å². The normalized spacial score (nSPS) is 11.1. The highest BCUT2D eigenvalue weighted by Crippen LogP contribution is 2.28. The first-order valence-corrected chi connectivity index (χ1v) is 6.52. The van der Waals surface area contributed by atoms with Gasteiger partial charge in [0, 0.05) is 28.8 Å². The van der Waals surface area contributed by atoms with Crippen molar-refractivity contribution >= 4 is 32.7 Å². The van der Waals surface area contributed by atoms with Gasteiger partial charge in [-0.15, -0.1) is 0 Å². The average molecular weight is 320 g/mol. The molecule has 0 amide bonds. The van der Waals surface area contributed by atoms with Crippen molar-refractivity contribution in [3.05, 3.63) is 46.7 Å². The lowest BCUT2D eigenvalue weighted by Crippen LogP contribution is -1.94. The van der Waals surface area contributed by atoms with Gasteiger partial charge in [0.2, 0.25) is 0 Å². The van der Waals surface area contributed by atoms with Gasteiger partial charge < -0.3 is 10.3 Å². The van der Waals surface area contributed by atoms with E-state index >= 15 is 0 Å². The monoisotopic (exact) mass is 319 g/mol. The van der Waals surface area contributed by atoms with Crippen molar-refractivity contribution in [1.82, 2.24) is 9.55 Å². The van der Waals surface area contributed by atoms with E-state index in [1.165, 1.54) is 12.1 Å². The van der Waals surface area contributed by atoms with Crippen molar-refractivity contribution in [2.45, 2.75) is 0 Å². The number of hydrogen-bond acceptors (Lipinski definition) is 2. The molecule has 0 atom stereocenters. The van der Waals surface area contributed by atoms with Crippen LogP contribution in [0.25, 0.3) is 22.4 Å². The zero-order valence-corrected chi connectivity index (χ0v) is 11.8. The van der Waals surface area contributed by atoms with Crippen LogP contribution < -0.4 is 5.73 Å². The molecule has 2 aromatic carbocycles. The van der Waals surface area contributed by atoms with Crippen LogP contribution >= 0.6 is 15.9 Å². The van der Waals surface area contributed by atoms with Crippen molar-refractivity contribution in [2.75, 3.05) is 5.73 Å². The van der Waals surface area contributed by atoms with Gasteiger partial charge in [-0.3, -0.25) is 0 Å². The quantitative estimate of drug-likeness (QED) is 0.695. The van der Waals surface area contributed by atoms with Crippen LogP contribution in [0, 0.1) is 5.82 Å². The zero-order valence-electron chi connectivity index (χ0n) is 10.2. The number of fused-ring (bicyclic) bond motifs is 1. The van der Waals surface area contributed by atoms with Gasteiger partial charge in [-0.1, -0.05) is 15.9 Å². The summed E-state index contributed by atoms with van der Waals surface area (Å²) in [7, 11) is 1.90. The predicted octanol–water partition coefficient (Wildman–Crippen LogP) is 3.72. The third-order valence-electron chi connectivity index (χ3n) is 3.02. The molecular formula is C14H11BrFN3. The van der Waals surface area contributed by atoms with E-state index in [-0.39, 0.29) is 5.82 Å². The summed E-state index contributed by atoms with van der Waals surface area (Å²) in [6.07, 6.45) is 0. The number of hydrogen-bond donors (Lipinski definition) is 1. The van der Waals surface area contributed by atoms with Crippen molar-refractivity contribution in [2.24, 2.45) is 7.05 Å². The van der Waals surface area contributed by atoms with Crippen molar-refractivity contribution in [3.63, 3.8) is 0 Å². The molecule has 0 aliphatic heterocycles. The Bertz CT molecular complexity index is 759. The Morgan fingerprint density at radius 3 is 2.74 bits per heavy atom. The Morgan fingerprint density at radius 2 is 2.00 bits per heavy atom. The van der Waals surface area contributed by atoms with Gasteiger partial charge in [-0.2, -0.15) is 0 Å². The minimum absolute atomic E-state index is 0.286. The summed E-state index contributed by atoms with van der Waals surface area (Å²) >= 11 is 3.41. The van der Waals surface area contributed by atoms with Gasteiger partial charge in [0.05, 0.1) is 11.0 Å². The van der Waals surface area contributed by atoms with E-state index in [0.717, 1.165) is 21.4 Å². The highest BCUT2D eigenvalue weighted by atomic mass is 79.9. The van der Waals surface area contributed by atoms with Crippen LogP contribution in [0.3, 0.4) is 0 Å². The van der Waals surface area contributed by atoms with Crippen LogP contribution in [0.15, 0.2) is 40.9 Å². The number of anilines is 1. The van der Waals surface area contributed by atoms with Gasteiger partial charge in [0.1, 0.15) is 11.6 Å². The third kappa shape index (κ3) is 2.10. The minimum atomic E-state index is -0.286. The summed E-state index contributed by atoms with van der Waals surface area (Å²) in [6, 6.07) is 10.2. The zero-order chi connectivity index (χ0) is 13.6. The molecule has 3 aromatic rings. The van der Waals surface area contributed by atoms with Crippen LogP contribution in [0.5, 0.6) is 0 Å². The highest BCUT2D eigenvalue weighted by Gasteiger charge is 2.11. The average Bonchev–Trinajstić information content (AvgIpc) is 2.65. The molecule has 0 aliphatic rings. The molecule has 0 spiro atoms. The van der Waals surface area contributed by atoms with Crippen LogP contribution in [-0.2, 0) is 7.05 Å². The standard InChI is InChI=1S/C14H11BrFN3/c1-19-13-3-2-10(16)7-12(13)18-14(19)8-4-9(15)6-11(17)5-8/h2-7H,17H2,1H3. The number of aryl methyl sites for hydroxylation is 1. The lowest BCUT2D eigenvalue weighted by atomic mass is 10.2. The van der Waals surface area contributed by atoms with E-state index in [0.29, 0.717) is 11.2 Å². The molecule has 0 saturated heterocycles. The maximum absolute atomic E-state index is 13.2. The lowest BCUT2D eigenvalue weighted by molar-refractivity contribution is 0.629. The van der Waals surface area contributed by atoms with Crippen LogP contribution in [0.1, 0.15) is 0 Å². The topological polar surface area (TPSA) is 43.8 Å². The minimum Gasteiger partial charge on any atom is -0.399 e. The van der Waals surface area contributed by atoms with Crippen LogP contribution in [0.4, 0.5) is 10.1 Å². The summed E-state index contributed by atoms with van der Waals surface area (Å²) < 4.78 is 16.0. The van der Waals surface area contributed by atoms with E-state index in [2.05, 4.69) is 20.9 Å². The second kappa shape index (κ2) is 4.35. The molecule has 1 aromatic heterocycles. The third-order valence-corrected chi connectivity index (χ3v) is 3.48. The van der Waals surface area contributed by atoms with E-state index in [9.17, 15) is 4.39 Å². The van der Waals surface area contributed by atoms with Crippen molar-refractivity contribution in [1.29, 1.82) is 0 Å². The summed E-state index contributed by atoms with van der Waals surface area (Å²) in [4.78, 5) is 4.47. The first-order valence-electron chi connectivity index (χ1n) is 5.73. The van der Waals surface area contributed by atoms with Gasteiger partial charge in [0.25, 0.3) is 0 Å². The first-order chi connectivity index (χ1) is 9.04. The molecule has 0 radical (unpaired) electrons. The van der Waals surface area contributed by atoms with Gasteiger partial charge in [-0.25, -0.2) is 9.37 Å². The van der Waals surface area contributed by atoms with E-state index < -0.39 is 0 Å². The maximum Gasteiger partial charge on any atom is 0.140 e. The second-order valence-corrected chi connectivity index (χ2v) is 5.32. The Labute approximate surface area is 118 Å². The van der Waals surface area contributed by atoms with E-state index in [4.69, 9.17) is 5.73 Å². The number of nitrogen functional groups attached to an aromatic ring is 1. The van der Waals surface area contributed by atoms with Crippen LogP contribution in [0.2, 0.25) is 0 Å². The molecule has 0 bridgehead atoms. The molecule has 19 heavy (non-hydrogen) atoms. The summed E-state index contributed by atoms with van der Waals surface area (Å²) in [5.41, 5.74) is 8.91. The lowest BCUT2D eigenvalue weighted by Gasteiger charge is -2.04. The molecule has 3 rings (SSSR count). The molecule has 0 unspecified atom stereocenters.